The van der Waals surface area contributed by atoms with E-state index < -0.39 is 27.9 Å². The van der Waals surface area contributed by atoms with E-state index >= 15 is 0 Å². The van der Waals surface area contributed by atoms with E-state index in [9.17, 15) is 18.0 Å². The molecule has 0 aromatic rings. The van der Waals surface area contributed by atoms with Crippen LogP contribution in [0.5, 0.6) is 0 Å². The van der Waals surface area contributed by atoms with Gasteiger partial charge in [0.05, 0.1) is 11.5 Å². The second kappa shape index (κ2) is 5.35. The Balaban J connectivity index is 2.56. The van der Waals surface area contributed by atoms with Gasteiger partial charge in [0.1, 0.15) is 6.04 Å². The molecule has 17 heavy (non-hydrogen) atoms. The third-order valence-corrected chi connectivity index (χ3v) is 4.27. The number of carbonyl (C=O) groups excluding carboxylic acids is 1. The third kappa shape index (κ3) is 4.22. The van der Waals surface area contributed by atoms with Crippen LogP contribution in [0.4, 0.5) is 4.79 Å². The summed E-state index contributed by atoms with van der Waals surface area (Å²) in [5.41, 5.74) is 0. The Morgan fingerprint density at radius 2 is 1.94 bits per heavy atom. The number of nitrogens with one attached hydrogen (secondary N) is 1. The van der Waals surface area contributed by atoms with Crippen molar-refractivity contribution in [3.8, 4) is 0 Å². The standard InChI is InChI=1S/C9H16N2O5S/c1-7(8(12)13)10-9(14)11-3-2-5-17(15,16)6-4-11/h7H,2-6H2,1H3,(H,10,14)(H,12,13)/t7-/m1/s1. The molecule has 0 aliphatic carbocycles. The summed E-state index contributed by atoms with van der Waals surface area (Å²) in [4.78, 5) is 23.5. The second-order valence-electron chi connectivity index (χ2n) is 4.00. The van der Waals surface area contributed by atoms with Crippen molar-refractivity contribution < 1.29 is 23.1 Å². The molecule has 0 aromatic heterocycles. The minimum absolute atomic E-state index is 0.0676. The first-order valence-corrected chi connectivity index (χ1v) is 7.12. The second-order valence-corrected chi connectivity index (χ2v) is 6.31. The molecule has 1 aliphatic heterocycles. The maximum absolute atomic E-state index is 11.6. The predicted octanol–water partition coefficient (Wildman–Crippen LogP) is -0.710. The lowest BCUT2D eigenvalue weighted by atomic mass is 10.3. The summed E-state index contributed by atoms with van der Waals surface area (Å²) in [7, 11) is -3.07. The highest BCUT2D eigenvalue weighted by Gasteiger charge is 2.24. The van der Waals surface area contributed by atoms with E-state index in [1.807, 2.05) is 0 Å². The molecule has 0 bridgehead atoms. The van der Waals surface area contributed by atoms with Gasteiger partial charge in [0.25, 0.3) is 0 Å². The monoisotopic (exact) mass is 264 g/mol. The molecule has 1 aliphatic rings. The molecule has 0 radical (unpaired) electrons. The summed E-state index contributed by atoms with van der Waals surface area (Å²) in [6.07, 6.45) is 0.386. The minimum atomic E-state index is -3.07. The summed E-state index contributed by atoms with van der Waals surface area (Å²) in [6, 6.07) is -1.51. The van der Waals surface area contributed by atoms with Crippen molar-refractivity contribution in [3.63, 3.8) is 0 Å². The summed E-state index contributed by atoms with van der Waals surface area (Å²) >= 11 is 0. The van der Waals surface area contributed by atoms with Crippen molar-refractivity contribution in [2.24, 2.45) is 0 Å². The molecule has 1 fully saturated rings. The molecule has 1 heterocycles. The molecule has 2 amide bonds. The number of urea groups is 1. The van der Waals surface area contributed by atoms with Crippen molar-refractivity contribution in [1.82, 2.24) is 10.2 Å². The van der Waals surface area contributed by atoms with E-state index in [4.69, 9.17) is 5.11 Å². The molecule has 1 rings (SSSR count). The van der Waals surface area contributed by atoms with Crippen LogP contribution in [0.3, 0.4) is 0 Å². The Morgan fingerprint density at radius 1 is 1.29 bits per heavy atom. The van der Waals surface area contributed by atoms with Gasteiger partial charge in [0.15, 0.2) is 9.84 Å². The number of hydrogen-bond acceptors (Lipinski definition) is 4. The van der Waals surface area contributed by atoms with Gasteiger partial charge in [-0.2, -0.15) is 0 Å². The summed E-state index contributed by atoms with van der Waals surface area (Å²) in [5, 5.41) is 10.9. The normalized spacial score (nSPS) is 21.4. The number of nitrogens with zero attached hydrogens (tertiary/aromatic N) is 1. The molecule has 0 spiro atoms. The van der Waals surface area contributed by atoms with Crippen LogP contribution in [0.1, 0.15) is 13.3 Å². The van der Waals surface area contributed by atoms with Crippen molar-refractivity contribution in [1.29, 1.82) is 0 Å². The van der Waals surface area contributed by atoms with Crippen LogP contribution in [0.25, 0.3) is 0 Å². The van der Waals surface area contributed by atoms with Crippen molar-refractivity contribution in [3.05, 3.63) is 0 Å². The summed E-state index contributed by atoms with van der Waals surface area (Å²) in [6.45, 7) is 1.80. The van der Waals surface area contributed by atoms with Crippen LogP contribution in [0.2, 0.25) is 0 Å². The molecule has 8 heteroatoms. The number of hydrogen-bond donors (Lipinski definition) is 2. The van der Waals surface area contributed by atoms with E-state index in [-0.39, 0.29) is 18.1 Å². The van der Waals surface area contributed by atoms with Gasteiger partial charge >= 0.3 is 12.0 Å². The van der Waals surface area contributed by atoms with E-state index in [0.717, 1.165) is 0 Å². The number of rotatable bonds is 2. The summed E-state index contributed by atoms with van der Waals surface area (Å²) in [5.74, 6) is -1.12. The van der Waals surface area contributed by atoms with E-state index in [2.05, 4.69) is 5.32 Å². The average Bonchev–Trinajstić information content (AvgIpc) is 2.39. The van der Waals surface area contributed by atoms with Gasteiger partial charge in [-0.05, 0) is 13.3 Å². The molecular weight excluding hydrogens is 248 g/mol. The first kappa shape index (κ1) is 13.8. The fourth-order valence-electron chi connectivity index (χ4n) is 1.48. The maximum Gasteiger partial charge on any atom is 0.325 e. The molecule has 0 aromatic carbocycles. The van der Waals surface area contributed by atoms with Gasteiger partial charge < -0.3 is 15.3 Å². The lowest BCUT2D eigenvalue weighted by molar-refractivity contribution is -0.138. The quantitative estimate of drug-likeness (QED) is 0.685. The van der Waals surface area contributed by atoms with E-state index in [1.54, 1.807) is 0 Å². The number of aliphatic carboxylic acids is 1. The molecule has 7 nitrogen and oxygen atoms in total. The Kier molecular flexibility index (Phi) is 4.33. The van der Waals surface area contributed by atoms with Crippen LogP contribution < -0.4 is 5.32 Å². The van der Waals surface area contributed by atoms with Crippen LogP contribution in [-0.2, 0) is 14.6 Å². The SMILES string of the molecule is C[C@@H](NC(=O)N1CCCS(=O)(=O)CC1)C(=O)O. The van der Waals surface area contributed by atoms with Crippen molar-refractivity contribution in [2.45, 2.75) is 19.4 Å². The van der Waals surface area contributed by atoms with Gasteiger partial charge in [0.2, 0.25) is 0 Å². The number of carboxylic acids is 1. The van der Waals surface area contributed by atoms with E-state index in [0.29, 0.717) is 13.0 Å². The Hall–Kier alpha value is -1.31. The Labute approximate surface area is 99.7 Å². The van der Waals surface area contributed by atoms with Crippen LogP contribution >= 0.6 is 0 Å². The fourth-order valence-corrected chi connectivity index (χ4v) is 2.75. The van der Waals surface area contributed by atoms with E-state index in [1.165, 1.54) is 11.8 Å². The summed E-state index contributed by atoms with van der Waals surface area (Å²) < 4.78 is 22.6. The molecule has 1 atom stereocenters. The van der Waals surface area contributed by atoms with Gasteiger partial charge in [-0.25, -0.2) is 13.2 Å². The average molecular weight is 264 g/mol. The molecule has 98 valence electrons. The topological polar surface area (TPSA) is 104 Å². The van der Waals surface area contributed by atoms with Crippen molar-refractivity contribution in [2.75, 3.05) is 24.6 Å². The number of carbonyl (C=O) groups is 2. The molecule has 0 saturated carbocycles. The highest BCUT2D eigenvalue weighted by atomic mass is 32.2. The predicted molar refractivity (Wildman–Crippen MR) is 60.5 cm³/mol. The molecule has 2 N–H and O–H groups in total. The van der Waals surface area contributed by atoms with Gasteiger partial charge in [0, 0.05) is 13.1 Å². The fraction of sp³-hybridized carbons (Fsp3) is 0.778. The molecule has 0 unspecified atom stereocenters. The maximum atomic E-state index is 11.6. The van der Waals surface area contributed by atoms with Crippen LogP contribution in [0, 0.1) is 0 Å². The lowest BCUT2D eigenvalue weighted by Crippen LogP contribution is -2.47. The zero-order valence-corrected chi connectivity index (χ0v) is 10.4. The number of amides is 2. The smallest absolute Gasteiger partial charge is 0.325 e. The van der Waals surface area contributed by atoms with Crippen LogP contribution in [-0.4, -0.2) is 61.1 Å². The van der Waals surface area contributed by atoms with Gasteiger partial charge in [-0.1, -0.05) is 0 Å². The largest absolute Gasteiger partial charge is 0.480 e. The minimum Gasteiger partial charge on any atom is -0.480 e. The van der Waals surface area contributed by atoms with Crippen LogP contribution in [0.15, 0.2) is 0 Å². The Bertz CT molecular complexity index is 406. The first-order chi connectivity index (χ1) is 7.82. The Morgan fingerprint density at radius 3 is 2.53 bits per heavy atom. The highest BCUT2D eigenvalue weighted by Crippen LogP contribution is 2.05. The first-order valence-electron chi connectivity index (χ1n) is 5.30. The molecule has 1 saturated heterocycles. The van der Waals surface area contributed by atoms with Crippen molar-refractivity contribution >= 4 is 21.8 Å². The number of sulfone groups is 1. The van der Waals surface area contributed by atoms with Gasteiger partial charge in [-0.15, -0.1) is 0 Å². The highest BCUT2D eigenvalue weighted by molar-refractivity contribution is 7.91. The molecular formula is C9H16N2O5S. The van der Waals surface area contributed by atoms with Gasteiger partial charge in [-0.3, -0.25) is 4.79 Å². The zero-order chi connectivity index (χ0) is 13.1. The lowest BCUT2D eigenvalue weighted by Gasteiger charge is -2.21. The zero-order valence-electron chi connectivity index (χ0n) is 9.55. The third-order valence-electron chi connectivity index (χ3n) is 2.55. The number of carboxylic acid groups (broad SMARTS) is 1.